The molecule has 3 rings (SSSR count). The van der Waals surface area contributed by atoms with E-state index in [0.29, 0.717) is 10.8 Å². The van der Waals surface area contributed by atoms with Crippen LogP contribution in [0.3, 0.4) is 0 Å². The van der Waals surface area contributed by atoms with Gasteiger partial charge in [-0.05, 0) is 52.3 Å². The van der Waals surface area contributed by atoms with E-state index in [1.54, 1.807) is 20.8 Å². The zero-order valence-corrected chi connectivity index (χ0v) is 19.2. The quantitative estimate of drug-likeness (QED) is 0.715. The fraction of sp³-hybridized carbons (Fsp3) is 0.455. The molecule has 2 atom stereocenters. The Morgan fingerprint density at radius 3 is 2.65 bits per heavy atom. The van der Waals surface area contributed by atoms with E-state index in [2.05, 4.69) is 28.6 Å². The molecular formula is C22H28N4O4S. The van der Waals surface area contributed by atoms with Gasteiger partial charge < -0.3 is 20.1 Å². The molecule has 9 heteroatoms. The van der Waals surface area contributed by atoms with Crippen molar-refractivity contribution >= 4 is 34.0 Å². The highest BCUT2D eigenvalue weighted by Gasteiger charge is 2.19. The van der Waals surface area contributed by atoms with Crippen molar-refractivity contribution in [2.45, 2.75) is 58.8 Å². The Hall–Kier alpha value is -2.78. The van der Waals surface area contributed by atoms with Crippen LogP contribution in [0.5, 0.6) is 0 Å². The van der Waals surface area contributed by atoms with E-state index in [1.807, 2.05) is 30.5 Å². The molecule has 2 aromatic rings. The number of alkyl carbamates (subject to hydrolysis) is 1. The lowest BCUT2D eigenvalue weighted by Gasteiger charge is -2.24. The lowest BCUT2D eigenvalue weighted by molar-refractivity contribution is -0.115. The number of rotatable bonds is 5. The maximum atomic E-state index is 12.1. The monoisotopic (exact) mass is 444 g/mol. The van der Waals surface area contributed by atoms with E-state index in [-0.39, 0.29) is 24.7 Å². The number of carbonyl (C=O) groups is 2. The molecule has 2 aromatic heterocycles. The van der Waals surface area contributed by atoms with Gasteiger partial charge in [0, 0.05) is 11.8 Å². The maximum absolute atomic E-state index is 12.1. The zero-order valence-electron chi connectivity index (χ0n) is 18.4. The molecular weight excluding hydrogens is 416 g/mol. The standard InChI is InChI=1S/C22H28N4O4S/c1-13-9-15(10-14(2)29-13)16-7-6-8-17(24-16)18-12-31-20(25-18)26-19(27)11-23-21(28)30-22(3,4)5/h6-9,12-14H,10-11H2,1-5H3,(H,23,28)(H,25,26,27)/t13-,14+/m1/s1. The summed E-state index contributed by atoms with van der Waals surface area (Å²) in [6.07, 6.45) is 2.46. The smallest absolute Gasteiger partial charge is 0.408 e. The molecule has 0 saturated carbocycles. The minimum Gasteiger partial charge on any atom is -0.444 e. The van der Waals surface area contributed by atoms with Gasteiger partial charge in [0.1, 0.15) is 17.8 Å². The van der Waals surface area contributed by atoms with Gasteiger partial charge in [0.25, 0.3) is 0 Å². The molecule has 0 unspecified atom stereocenters. The molecule has 1 aliphatic heterocycles. The van der Waals surface area contributed by atoms with Gasteiger partial charge in [-0.1, -0.05) is 12.1 Å². The van der Waals surface area contributed by atoms with E-state index in [1.165, 1.54) is 11.3 Å². The van der Waals surface area contributed by atoms with Gasteiger partial charge in [-0.2, -0.15) is 0 Å². The van der Waals surface area contributed by atoms with Crippen molar-refractivity contribution < 1.29 is 19.1 Å². The van der Waals surface area contributed by atoms with E-state index >= 15 is 0 Å². The normalized spacial score (nSPS) is 18.8. The molecule has 0 bridgehead atoms. The zero-order chi connectivity index (χ0) is 22.6. The molecule has 2 amide bonds. The predicted molar refractivity (Wildman–Crippen MR) is 121 cm³/mol. The van der Waals surface area contributed by atoms with Crippen LogP contribution in [0.2, 0.25) is 0 Å². The van der Waals surface area contributed by atoms with Gasteiger partial charge in [0.05, 0.1) is 23.6 Å². The van der Waals surface area contributed by atoms with Crippen LogP contribution in [0.25, 0.3) is 17.0 Å². The van der Waals surface area contributed by atoms with Crippen LogP contribution in [0.4, 0.5) is 9.93 Å². The Balaban J connectivity index is 1.62. The molecule has 31 heavy (non-hydrogen) atoms. The van der Waals surface area contributed by atoms with Crippen molar-refractivity contribution in [3.05, 3.63) is 35.3 Å². The molecule has 0 aromatic carbocycles. The van der Waals surface area contributed by atoms with Gasteiger partial charge in [-0.25, -0.2) is 14.8 Å². The van der Waals surface area contributed by atoms with Crippen LogP contribution in [0, 0.1) is 0 Å². The Morgan fingerprint density at radius 2 is 1.94 bits per heavy atom. The number of anilines is 1. The van der Waals surface area contributed by atoms with Gasteiger partial charge >= 0.3 is 6.09 Å². The summed E-state index contributed by atoms with van der Waals surface area (Å²) in [4.78, 5) is 33.0. The number of aromatic nitrogens is 2. The highest BCUT2D eigenvalue weighted by molar-refractivity contribution is 7.14. The molecule has 0 saturated heterocycles. The number of carbonyl (C=O) groups excluding carboxylic acids is 2. The first kappa shape index (κ1) is 22.9. The molecule has 8 nitrogen and oxygen atoms in total. The molecule has 0 radical (unpaired) electrons. The second-order valence-corrected chi connectivity index (χ2v) is 9.26. The predicted octanol–water partition coefficient (Wildman–Crippen LogP) is 4.25. The average Bonchev–Trinajstić information content (AvgIpc) is 3.13. The minimum absolute atomic E-state index is 0.0552. The third kappa shape index (κ3) is 6.86. The Labute approximate surface area is 186 Å². The van der Waals surface area contributed by atoms with Gasteiger partial charge in [0.15, 0.2) is 5.13 Å². The van der Waals surface area contributed by atoms with Gasteiger partial charge in [-0.3, -0.25) is 4.79 Å². The van der Waals surface area contributed by atoms with Crippen LogP contribution in [-0.4, -0.2) is 46.3 Å². The number of ether oxygens (including phenoxy) is 2. The molecule has 1 aliphatic rings. The number of hydrogen-bond acceptors (Lipinski definition) is 7. The third-order valence-electron chi connectivity index (χ3n) is 4.27. The Kier molecular flexibility index (Phi) is 7.07. The lowest BCUT2D eigenvalue weighted by atomic mass is 10.00. The first-order valence-corrected chi connectivity index (χ1v) is 11.0. The average molecular weight is 445 g/mol. The Morgan fingerprint density at radius 1 is 1.19 bits per heavy atom. The molecule has 0 fully saturated rings. The summed E-state index contributed by atoms with van der Waals surface area (Å²) in [7, 11) is 0. The summed E-state index contributed by atoms with van der Waals surface area (Å²) in [5, 5.41) is 7.38. The summed E-state index contributed by atoms with van der Waals surface area (Å²) >= 11 is 1.30. The van der Waals surface area contributed by atoms with E-state index in [0.717, 1.165) is 23.4 Å². The first-order valence-electron chi connectivity index (χ1n) is 10.2. The number of hydrogen-bond donors (Lipinski definition) is 2. The van der Waals surface area contributed by atoms with Crippen molar-refractivity contribution in [3.63, 3.8) is 0 Å². The second kappa shape index (κ2) is 9.57. The second-order valence-electron chi connectivity index (χ2n) is 8.40. The highest BCUT2D eigenvalue weighted by Crippen LogP contribution is 2.29. The fourth-order valence-corrected chi connectivity index (χ4v) is 3.86. The summed E-state index contributed by atoms with van der Waals surface area (Å²) in [5.41, 5.74) is 2.85. The largest absolute Gasteiger partial charge is 0.444 e. The molecule has 0 aliphatic carbocycles. The van der Waals surface area contributed by atoms with Crippen LogP contribution < -0.4 is 10.6 Å². The van der Waals surface area contributed by atoms with E-state index < -0.39 is 11.7 Å². The first-order chi connectivity index (χ1) is 14.6. The van der Waals surface area contributed by atoms with Gasteiger partial charge in [-0.15, -0.1) is 11.3 Å². The number of pyridine rings is 1. The summed E-state index contributed by atoms with van der Waals surface area (Å²) in [6, 6.07) is 5.82. The number of amides is 2. The molecule has 0 spiro atoms. The van der Waals surface area contributed by atoms with Crippen LogP contribution in [0.1, 0.15) is 46.7 Å². The summed E-state index contributed by atoms with van der Waals surface area (Å²) < 4.78 is 10.9. The summed E-state index contributed by atoms with van der Waals surface area (Å²) in [6.45, 7) is 9.14. The van der Waals surface area contributed by atoms with Crippen molar-refractivity contribution in [2.24, 2.45) is 0 Å². The van der Waals surface area contributed by atoms with Crippen LogP contribution >= 0.6 is 11.3 Å². The topological polar surface area (TPSA) is 102 Å². The molecule has 3 heterocycles. The summed E-state index contributed by atoms with van der Waals surface area (Å²) in [5.74, 6) is -0.385. The third-order valence-corrected chi connectivity index (χ3v) is 5.03. The van der Waals surface area contributed by atoms with E-state index in [9.17, 15) is 9.59 Å². The molecule has 166 valence electrons. The van der Waals surface area contributed by atoms with Crippen molar-refractivity contribution in [1.29, 1.82) is 0 Å². The van der Waals surface area contributed by atoms with Crippen LogP contribution in [0.15, 0.2) is 29.7 Å². The van der Waals surface area contributed by atoms with Crippen molar-refractivity contribution in [2.75, 3.05) is 11.9 Å². The van der Waals surface area contributed by atoms with Gasteiger partial charge in [0.2, 0.25) is 5.91 Å². The van der Waals surface area contributed by atoms with Crippen LogP contribution in [-0.2, 0) is 14.3 Å². The number of thiazole rings is 1. The Bertz CT molecular complexity index is 980. The lowest BCUT2D eigenvalue weighted by Crippen LogP contribution is -2.37. The fourth-order valence-electron chi connectivity index (χ4n) is 3.14. The van der Waals surface area contributed by atoms with E-state index in [4.69, 9.17) is 14.5 Å². The number of nitrogens with zero attached hydrogens (tertiary/aromatic N) is 2. The maximum Gasteiger partial charge on any atom is 0.408 e. The number of nitrogens with one attached hydrogen (secondary N) is 2. The SMILES string of the molecule is C[C@@H]1C=C(c2cccc(-c3csc(NC(=O)CNC(=O)OC(C)(C)C)n3)n2)C[C@H](C)O1. The molecule has 2 N–H and O–H groups in total. The highest BCUT2D eigenvalue weighted by atomic mass is 32.1. The van der Waals surface area contributed by atoms with Crippen molar-refractivity contribution in [1.82, 2.24) is 15.3 Å². The van der Waals surface area contributed by atoms with Crippen molar-refractivity contribution in [3.8, 4) is 11.4 Å². The minimum atomic E-state index is -0.644.